The van der Waals surface area contributed by atoms with Gasteiger partial charge < -0.3 is 15.0 Å². The normalized spacial score (nSPS) is 17.9. The van der Waals surface area contributed by atoms with Crippen LogP contribution in [0.25, 0.3) is 0 Å². The zero-order valence-electron chi connectivity index (χ0n) is 11.5. The van der Waals surface area contributed by atoms with Gasteiger partial charge in [-0.1, -0.05) is 12.1 Å². The summed E-state index contributed by atoms with van der Waals surface area (Å²) in [4.78, 5) is 23.7. The van der Waals surface area contributed by atoms with Crippen LogP contribution in [-0.4, -0.2) is 38.8 Å². The summed E-state index contributed by atoms with van der Waals surface area (Å²) < 4.78 is 5.21. The Hall–Kier alpha value is -1.98. The highest BCUT2D eigenvalue weighted by molar-refractivity contribution is 6.57. The van der Waals surface area contributed by atoms with Crippen molar-refractivity contribution in [2.24, 2.45) is 0 Å². The maximum absolute atomic E-state index is 10.9. The molecule has 0 saturated carbocycles. The van der Waals surface area contributed by atoms with Gasteiger partial charge in [-0.3, -0.25) is 9.59 Å². The van der Waals surface area contributed by atoms with E-state index in [0.717, 1.165) is 30.8 Å². The van der Waals surface area contributed by atoms with Gasteiger partial charge in [0.1, 0.15) is 6.10 Å². The molecule has 1 saturated heterocycles. The molecule has 0 bridgehead atoms. The Morgan fingerprint density at radius 1 is 1.40 bits per heavy atom. The standard InChI is InChI=1S/C14H17BN2O3/c1-10(18)20-13-6-7-17(9-13)12-4-2-11(3-5-12)8-16-14(15)19/h2-5,13H,6-9H2,1H3,(H,16,19)/t13-/m0/s1. The quantitative estimate of drug-likeness (QED) is 0.661. The van der Waals surface area contributed by atoms with Crippen LogP contribution < -0.4 is 10.2 Å². The maximum atomic E-state index is 10.9. The molecule has 0 aliphatic carbocycles. The Balaban J connectivity index is 1.90. The molecule has 1 amide bonds. The molecule has 2 radical (unpaired) electrons. The van der Waals surface area contributed by atoms with Gasteiger partial charge in [0.05, 0.1) is 6.54 Å². The second-order valence-electron chi connectivity index (χ2n) is 4.85. The lowest BCUT2D eigenvalue weighted by Crippen LogP contribution is -2.24. The zero-order chi connectivity index (χ0) is 14.5. The van der Waals surface area contributed by atoms with E-state index in [0.29, 0.717) is 6.54 Å². The summed E-state index contributed by atoms with van der Waals surface area (Å²) in [5, 5.41) is 2.55. The second kappa shape index (κ2) is 6.46. The first-order valence-electron chi connectivity index (χ1n) is 6.59. The number of carbonyl (C=O) groups excluding carboxylic acids is 2. The van der Waals surface area contributed by atoms with Crippen molar-refractivity contribution in [2.45, 2.75) is 26.0 Å². The van der Waals surface area contributed by atoms with Crippen LogP contribution in [0.3, 0.4) is 0 Å². The summed E-state index contributed by atoms with van der Waals surface area (Å²) in [6, 6.07) is 7.89. The van der Waals surface area contributed by atoms with Crippen molar-refractivity contribution >= 4 is 25.3 Å². The van der Waals surface area contributed by atoms with Crippen molar-refractivity contribution in [2.75, 3.05) is 18.0 Å². The van der Waals surface area contributed by atoms with Crippen molar-refractivity contribution in [3.05, 3.63) is 29.8 Å². The minimum absolute atomic E-state index is 0.0243. The lowest BCUT2D eigenvalue weighted by molar-refractivity contribution is -0.145. The molecule has 1 N–H and O–H groups in total. The van der Waals surface area contributed by atoms with E-state index in [4.69, 9.17) is 12.6 Å². The minimum Gasteiger partial charge on any atom is -0.461 e. The van der Waals surface area contributed by atoms with Crippen LogP contribution in [0.4, 0.5) is 10.5 Å². The predicted molar refractivity (Wildman–Crippen MR) is 76.8 cm³/mol. The van der Waals surface area contributed by atoms with E-state index < -0.39 is 5.81 Å². The topological polar surface area (TPSA) is 58.6 Å². The van der Waals surface area contributed by atoms with Gasteiger partial charge in [-0.25, -0.2) is 0 Å². The van der Waals surface area contributed by atoms with Crippen molar-refractivity contribution in [3.63, 3.8) is 0 Å². The van der Waals surface area contributed by atoms with E-state index in [-0.39, 0.29) is 12.1 Å². The highest BCUT2D eigenvalue weighted by Crippen LogP contribution is 2.22. The molecule has 1 heterocycles. The Kier molecular flexibility index (Phi) is 4.66. The Morgan fingerprint density at radius 3 is 2.70 bits per heavy atom. The van der Waals surface area contributed by atoms with Gasteiger partial charge in [0.15, 0.2) is 5.81 Å². The first-order valence-corrected chi connectivity index (χ1v) is 6.59. The van der Waals surface area contributed by atoms with Gasteiger partial charge in [0, 0.05) is 32.1 Å². The van der Waals surface area contributed by atoms with Gasteiger partial charge in [0.2, 0.25) is 7.85 Å². The third kappa shape index (κ3) is 4.01. The number of hydrogen-bond donors (Lipinski definition) is 1. The molecule has 20 heavy (non-hydrogen) atoms. The van der Waals surface area contributed by atoms with E-state index in [1.54, 1.807) is 0 Å². The van der Waals surface area contributed by atoms with E-state index in [1.807, 2.05) is 24.3 Å². The number of nitrogens with one attached hydrogen (secondary N) is 1. The lowest BCUT2D eigenvalue weighted by Gasteiger charge is -2.18. The molecule has 1 aromatic carbocycles. The fourth-order valence-electron chi connectivity index (χ4n) is 2.31. The van der Waals surface area contributed by atoms with Crippen molar-refractivity contribution in [3.8, 4) is 0 Å². The first kappa shape index (κ1) is 14.4. The summed E-state index contributed by atoms with van der Waals surface area (Å²) in [5.74, 6) is -0.762. The van der Waals surface area contributed by atoms with Crippen LogP contribution in [0.5, 0.6) is 0 Å². The molecule has 5 nitrogen and oxygen atoms in total. The lowest BCUT2D eigenvalue weighted by atomic mass is 10.1. The SMILES string of the molecule is [B]C(=O)NCc1ccc(N2CC[C@H](OC(C)=O)C2)cc1. The molecule has 0 spiro atoms. The molecule has 104 valence electrons. The molecule has 1 aromatic rings. The van der Waals surface area contributed by atoms with E-state index in [2.05, 4.69) is 10.2 Å². The van der Waals surface area contributed by atoms with Gasteiger partial charge in [-0.2, -0.15) is 0 Å². The molecule has 2 rings (SSSR count). The van der Waals surface area contributed by atoms with E-state index >= 15 is 0 Å². The summed E-state index contributed by atoms with van der Waals surface area (Å²) in [7, 11) is 5.03. The molecule has 1 aliphatic rings. The number of benzene rings is 1. The Labute approximate surface area is 119 Å². The Morgan fingerprint density at radius 2 is 2.10 bits per heavy atom. The highest BCUT2D eigenvalue weighted by Gasteiger charge is 2.24. The van der Waals surface area contributed by atoms with Crippen LogP contribution in [0, 0.1) is 0 Å². The average Bonchev–Trinajstić information content (AvgIpc) is 2.84. The summed E-state index contributed by atoms with van der Waals surface area (Å²) in [6.07, 6.45) is 0.827. The fraction of sp³-hybridized carbons (Fsp3) is 0.429. The predicted octanol–water partition coefficient (Wildman–Crippen LogP) is 1.21. The van der Waals surface area contributed by atoms with E-state index in [9.17, 15) is 9.59 Å². The fourth-order valence-corrected chi connectivity index (χ4v) is 2.31. The number of anilines is 1. The van der Waals surface area contributed by atoms with Crippen LogP contribution in [0.2, 0.25) is 0 Å². The number of hydrogen-bond acceptors (Lipinski definition) is 4. The largest absolute Gasteiger partial charge is 0.461 e. The zero-order valence-corrected chi connectivity index (χ0v) is 11.5. The molecule has 6 heteroatoms. The molecule has 0 unspecified atom stereocenters. The molecular weight excluding hydrogens is 255 g/mol. The van der Waals surface area contributed by atoms with Crippen LogP contribution in [-0.2, 0) is 16.1 Å². The Bertz CT molecular complexity index is 490. The van der Waals surface area contributed by atoms with Crippen LogP contribution in [0.1, 0.15) is 18.9 Å². The number of nitrogens with zero attached hydrogens (tertiary/aromatic N) is 1. The van der Waals surface area contributed by atoms with Gasteiger partial charge >= 0.3 is 5.97 Å². The molecule has 1 aliphatic heterocycles. The summed E-state index contributed by atoms with van der Waals surface area (Å²) in [5.41, 5.74) is 2.07. The third-order valence-electron chi connectivity index (χ3n) is 3.25. The average molecular weight is 272 g/mol. The second-order valence-corrected chi connectivity index (χ2v) is 4.85. The van der Waals surface area contributed by atoms with Crippen molar-refractivity contribution < 1.29 is 14.3 Å². The number of rotatable bonds is 4. The van der Waals surface area contributed by atoms with Crippen LogP contribution in [0.15, 0.2) is 24.3 Å². The number of esters is 1. The minimum atomic E-state index is -0.530. The highest BCUT2D eigenvalue weighted by atomic mass is 16.5. The van der Waals surface area contributed by atoms with E-state index in [1.165, 1.54) is 6.92 Å². The van der Waals surface area contributed by atoms with Crippen LogP contribution >= 0.6 is 0 Å². The van der Waals surface area contributed by atoms with Gasteiger partial charge in [-0.15, -0.1) is 0 Å². The van der Waals surface area contributed by atoms with Gasteiger partial charge in [-0.05, 0) is 17.7 Å². The number of carbonyl (C=O) groups is 2. The summed E-state index contributed by atoms with van der Waals surface area (Å²) >= 11 is 0. The van der Waals surface area contributed by atoms with Gasteiger partial charge in [0.25, 0.3) is 0 Å². The molecule has 1 fully saturated rings. The molecular formula is C14H17BN2O3. The molecule has 0 aromatic heterocycles. The monoisotopic (exact) mass is 272 g/mol. The number of ether oxygens (including phenoxy) is 1. The smallest absolute Gasteiger partial charge is 0.302 e. The third-order valence-corrected chi connectivity index (χ3v) is 3.25. The van der Waals surface area contributed by atoms with Crippen molar-refractivity contribution in [1.82, 2.24) is 5.32 Å². The first-order chi connectivity index (χ1) is 9.54. The van der Waals surface area contributed by atoms with Crippen molar-refractivity contribution in [1.29, 1.82) is 0 Å². The number of amides is 1. The maximum Gasteiger partial charge on any atom is 0.302 e. The summed E-state index contributed by atoms with van der Waals surface area (Å²) in [6.45, 7) is 3.45. The molecule has 1 atom stereocenters.